The molecule has 3 aromatic rings. The van der Waals surface area contributed by atoms with E-state index in [1.54, 1.807) is 5.56 Å². The molecular weight excluding hydrogens is 400 g/mol. The summed E-state index contributed by atoms with van der Waals surface area (Å²) in [4.78, 5) is 2.51. The van der Waals surface area contributed by atoms with Gasteiger partial charge >= 0.3 is 0 Å². The summed E-state index contributed by atoms with van der Waals surface area (Å²) >= 11 is 3.47. The first-order valence-electron chi connectivity index (χ1n) is 9.91. The number of aliphatic hydroxyl groups excluding tert-OH is 1. The molecular formula is C23H25BrN2O. The minimum Gasteiger partial charge on any atom is -0.387 e. The van der Waals surface area contributed by atoms with Crippen LogP contribution in [0.2, 0.25) is 0 Å². The lowest BCUT2D eigenvalue weighted by Gasteiger charge is -2.40. The number of hydrogen-bond donors (Lipinski definition) is 1. The van der Waals surface area contributed by atoms with E-state index < -0.39 is 6.10 Å². The number of rotatable bonds is 3. The van der Waals surface area contributed by atoms with E-state index >= 15 is 0 Å². The van der Waals surface area contributed by atoms with Crippen LogP contribution in [0.25, 0.3) is 10.9 Å². The third-order valence-corrected chi connectivity index (χ3v) is 6.83. The summed E-state index contributed by atoms with van der Waals surface area (Å²) < 4.78 is 3.60. The second-order valence-electron chi connectivity index (χ2n) is 8.01. The van der Waals surface area contributed by atoms with Gasteiger partial charge < -0.3 is 9.67 Å². The van der Waals surface area contributed by atoms with Crippen molar-refractivity contribution in [2.75, 3.05) is 13.1 Å². The molecule has 27 heavy (non-hydrogen) atoms. The highest BCUT2D eigenvalue weighted by Gasteiger charge is 2.35. The minimum absolute atomic E-state index is 0.431. The van der Waals surface area contributed by atoms with Crippen molar-refractivity contribution in [1.29, 1.82) is 0 Å². The normalized spacial score (nSPS) is 20.6. The van der Waals surface area contributed by atoms with Gasteiger partial charge in [0.1, 0.15) is 0 Å². The monoisotopic (exact) mass is 424 g/mol. The van der Waals surface area contributed by atoms with Crippen LogP contribution in [0.4, 0.5) is 0 Å². The number of aromatic nitrogens is 1. The van der Waals surface area contributed by atoms with Gasteiger partial charge in [-0.1, -0.05) is 39.7 Å². The first-order chi connectivity index (χ1) is 13.1. The first kappa shape index (κ1) is 17.5. The fraction of sp³-hybridized carbons (Fsp3) is 0.391. The highest BCUT2D eigenvalue weighted by Crippen LogP contribution is 2.43. The Bertz CT molecular complexity index is 992. The van der Waals surface area contributed by atoms with Crippen LogP contribution >= 0.6 is 15.9 Å². The standard InChI is InChI=1S/C23H25BrN2O/c1-15-5-10-20-19(13-15)18-3-2-4-21-23(18)26(20)12-11-25(21)14-22(27)16-6-8-17(24)9-7-16/h5-10,13,21-22,27H,2-4,11-12,14H2,1H3/t21-,22+/m0/s1. The van der Waals surface area contributed by atoms with Gasteiger partial charge in [0.05, 0.1) is 12.1 Å². The van der Waals surface area contributed by atoms with E-state index in [4.69, 9.17) is 0 Å². The van der Waals surface area contributed by atoms with Gasteiger partial charge in [-0.05, 0) is 61.6 Å². The zero-order valence-corrected chi connectivity index (χ0v) is 17.2. The van der Waals surface area contributed by atoms with Crippen LogP contribution in [0, 0.1) is 6.92 Å². The van der Waals surface area contributed by atoms with E-state index in [0.29, 0.717) is 12.6 Å². The molecule has 0 bridgehead atoms. The van der Waals surface area contributed by atoms with Crippen LogP contribution in [-0.2, 0) is 13.0 Å². The van der Waals surface area contributed by atoms with Gasteiger partial charge in [-0.15, -0.1) is 0 Å². The van der Waals surface area contributed by atoms with Gasteiger partial charge in [0.2, 0.25) is 0 Å². The molecule has 2 atom stereocenters. The molecule has 2 heterocycles. The number of halogens is 1. The molecule has 0 saturated carbocycles. The lowest BCUT2D eigenvalue weighted by atomic mass is 9.89. The Morgan fingerprint density at radius 1 is 1.15 bits per heavy atom. The molecule has 1 N–H and O–H groups in total. The Kier molecular flexibility index (Phi) is 4.38. The maximum atomic E-state index is 10.8. The molecule has 1 aliphatic heterocycles. The summed E-state index contributed by atoms with van der Waals surface area (Å²) in [5.41, 5.74) is 6.79. The number of aryl methyl sites for hydroxylation is 2. The predicted octanol–water partition coefficient (Wildman–Crippen LogP) is 5.14. The highest BCUT2D eigenvalue weighted by molar-refractivity contribution is 9.10. The first-order valence-corrected chi connectivity index (χ1v) is 10.7. The average molecular weight is 425 g/mol. The Morgan fingerprint density at radius 3 is 2.78 bits per heavy atom. The number of aliphatic hydroxyl groups is 1. The third kappa shape index (κ3) is 2.95. The number of hydrogen-bond acceptors (Lipinski definition) is 2. The molecule has 1 aliphatic carbocycles. The van der Waals surface area contributed by atoms with Gasteiger partial charge in [-0.3, -0.25) is 4.90 Å². The highest BCUT2D eigenvalue weighted by atomic mass is 79.9. The molecule has 0 spiro atoms. The average Bonchev–Trinajstić information content (AvgIpc) is 2.99. The third-order valence-electron chi connectivity index (χ3n) is 6.30. The van der Waals surface area contributed by atoms with Crippen molar-refractivity contribution in [3.63, 3.8) is 0 Å². The van der Waals surface area contributed by atoms with Crippen molar-refractivity contribution in [2.24, 2.45) is 0 Å². The fourth-order valence-corrected chi connectivity index (χ4v) is 5.29. The number of β-amino-alcohol motifs (C(OH)–C–C–N with tert-alkyl or cyclic N) is 1. The van der Waals surface area contributed by atoms with E-state index in [2.05, 4.69) is 50.5 Å². The van der Waals surface area contributed by atoms with E-state index in [-0.39, 0.29) is 0 Å². The van der Waals surface area contributed by atoms with Crippen molar-refractivity contribution < 1.29 is 5.11 Å². The zero-order valence-electron chi connectivity index (χ0n) is 15.7. The van der Waals surface area contributed by atoms with Crippen LogP contribution in [0.1, 0.15) is 47.4 Å². The quantitative estimate of drug-likeness (QED) is 0.630. The van der Waals surface area contributed by atoms with Crippen LogP contribution in [-0.4, -0.2) is 27.7 Å². The second-order valence-corrected chi connectivity index (χ2v) is 8.92. The summed E-state index contributed by atoms with van der Waals surface area (Å²) in [5.74, 6) is 0. The molecule has 140 valence electrons. The van der Waals surface area contributed by atoms with Gasteiger partial charge in [0, 0.05) is 40.7 Å². The van der Waals surface area contributed by atoms with Crippen LogP contribution < -0.4 is 0 Å². The molecule has 2 aromatic carbocycles. The molecule has 4 heteroatoms. The number of fused-ring (bicyclic) bond motifs is 3. The lowest BCUT2D eigenvalue weighted by molar-refractivity contribution is 0.0639. The van der Waals surface area contributed by atoms with Gasteiger partial charge in [-0.25, -0.2) is 0 Å². The van der Waals surface area contributed by atoms with E-state index in [1.165, 1.54) is 41.4 Å². The topological polar surface area (TPSA) is 28.4 Å². The second kappa shape index (κ2) is 6.77. The molecule has 2 aliphatic rings. The fourth-order valence-electron chi connectivity index (χ4n) is 5.02. The van der Waals surface area contributed by atoms with E-state index in [0.717, 1.165) is 23.1 Å². The maximum absolute atomic E-state index is 10.8. The molecule has 0 fully saturated rings. The van der Waals surface area contributed by atoms with Crippen molar-refractivity contribution in [1.82, 2.24) is 9.47 Å². The summed E-state index contributed by atoms with van der Waals surface area (Å²) in [6.45, 7) is 4.90. The van der Waals surface area contributed by atoms with Crippen molar-refractivity contribution in [3.05, 3.63) is 69.3 Å². The molecule has 0 unspecified atom stereocenters. The number of nitrogens with zero attached hydrogens (tertiary/aromatic N) is 2. The Labute approximate surface area is 168 Å². The van der Waals surface area contributed by atoms with Gasteiger partial charge in [0.15, 0.2) is 0 Å². The zero-order chi connectivity index (χ0) is 18.5. The summed E-state index contributed by atoms with van der Waals surface area (Å²) in [7, 11) is 0. The van der Waals surface area contributed by atoms with Crippen molar-refractivity contribution >= 4 is 26.8 Å². The Balaban J connectivity index is 1.49. The Morgan fingerprint density at radius 2 is 1.96 bits per heavy atom. The minimum atomic E-state index is -0.443. The van der Waals surface area contributed by atoms with E-state index in [9.17, 15) is 5.11 Å². The van der Waals surface area contributed by atoms with E-state index in [1.807, 2.05) is 24.3 Å². The molecule has 0 saturated heterocycles. The molecule has 0 radical (unpaired) electrons. The van der Waals surface area contributed by atoms with Crippen LogP contribution in [0.3, 0.4) is 0 Å². The maximum Gasteiger partial charge on any atom is 0.0917 e. The predicted molar refractivity (Wildman–Crippen MR) is 113 cm³/mol. The SMILES string of the molecule is Cc1ccc2c(c1)c1c3n2CCN(C[C@@H](O)c2ccc(Br)cc2)[C@H]3CCC1. The molecule has 0 amide bonds. The summed E-state index contributed by atoms with van der Waals surface area (Å²) in [5, 5.41) is 12.3. The van der Waals surface area contributed by atoms with Crippen LogP contribution in [0.5, 0.6) is 0 Å². The van der Waals surface area contributed by atoms with Crippen molar-refractivity contribution in [3.8, 4) is 0 Å². The smallest absolute Gasteiger partial charge is 0.0917 e. The van der Waals surface area contributed by atoms with Gasteiger partial charge in [0.25, 0.3) is 0 Å². The Hall–Kier alpha value is -1.62. The molecule has 1 aromatic heterocycles. The lowest BCUT2D eigenvalue weighted by Crippen LogP contribution is -2.41. The molecule has 3 nitrogen and oxygen atoms in total. The number of benzene rings is 2. The van der Waals surface area contributed by atoms with Crippen LogP contribution in [0.15, 0.2) is 46.9 Å². The van der Waals surface area contributed by atoms with Gasteiger partial charge in [-0.2, -0.15) is 0 Å². The largest absolute Gasteiger partial charge is 0.387 e. The van der Waals surface area contributed by atoms with Crippen molar-refractivity contribution in [2.45, 2.75) is 44.9 Å². The summed E-state index contributed by atoms with van der Waals surface area (Å²) in [6, 6.07) is 15.4. The molecule has 5 rings (SSSR count). The summed E-state index contributed by atoms with van der Waals surface area (Å²) in [6.07, 6.45) is 3.16.